The average Bonchev–Trinajstić information content (AvgIpc) is 3.05. The van der Waals surface area contributed by atoms with Gasteiger partial charge in [-0.1, -0.05) is 40.8 Å². The second-order valence-corrected chi connectivity index (χ2v) is 11.0. The number of nitriles is 1. The van der Waals surface area contributed by atoms with Crippen LogP contribution in [-0.4, -0.2) is 42.5 Å². The zero-order valence-corrected chi connectivity index (χ0v) is 18.7. The smallest absolute Gasteiger partial charge is 0.243 e. The largest absolute Gasteiger partial charge is 0.302 e. The number of aromatic nitrogens is 1. The maximum atomic E-state index is 12.8. The Balaban J connectivity index is 1.58. The first-order valence-corrected chi connectivity index (χ1v) is 12.4. The van der Waals surface area contributed by atoms with Crippen LogP contribution in [0.3, 0.4) is 0 Å². The molecule has 2 aromatic rings. The monoisotopic (exact) mass is 450 g/mol. The molecule has 0 spiro atoms. The van der Waals surface area contributed by atoms with Crippen LogP contribution in [0.15, 0.2) is 33.4 Å². The number of piperidine rings is 1. The van der Waals surface area contributed by atoms with Crippen molar-refractivity contribution in [2.45, 2.75) is 35.8 Å². The molecule has 1 aromatic carbocycles. The van der Waals surface area contributed by atoms with E-state index in [2.05, 4.69) is 16.4 Å². The molecule has 10 heteroatoms. The van der Waals surface area contributed by atoms with Crippen molar-refractivity contribution in [3.63, 3.8) is 0 Å². The van der Waals surface area contributed by atoms with Gasteiger partial charge in [-0.3, -0.25) is 4.79 Å². The van der Waals surface area contributed by atoms with Crippen molar-refractivity contribution in [3.05, 3.63) is 35.5 Å². The van der Waals surface area contributed by atoms with Crippen LogP contribution in [0.5, 0.6) is 0 Å². The van der Waals surface area contributed by atoms with Crippen LogP contribution in [0.2, 0.25) is 0 Å². The predicted molar refractivity (Wildman–Crippen MR) is 114 cm³/mol. The number of sulfonamides is 1. The third-order valence-corrected chi connectivity index (χ3v) is 8.95. The van der Waals surface area contributed by atoms with Gasteiger partial charge in [-0.15, -0.1) is 0 Å². The van der Waals surface area contributed by atoms with Crippen LogP contribution in [-0.2, 0) is 14.8 Å². The Labute approximate surface area is 179 Å². The van der Waals surface area contributed by atoms with E-state index in [0.29, 0.717) is 36.8 Å². The molecule has 154 valence electrons. The number of carbonyl (C=O) groups is 1. The molecule has 0 aliphatic carbocycles. The highest BCUT2D eigenvalue weighted by Crippen LogP contribution is 2.32. The maximum Gasteiger partial charge on any atom is 0.243 e. The van der Waals surface area contributed by atoms with Gasteiger partial charge in [0, 0.05) is 19.0 Å². The fourth-order valence-corrected chi connectivity index (χ4v) is 6.37. The molecule has 0 saturated carbocycles. The molecule has 7 nitrogen and oxygen atoms in total. The number of thiazole rings is 1. The molecule has 1 aromatic heterocycles. The topological polar surface area (TPSA) is 103 Å². The summed E-state index contributed by atoms with van der Waals surface area (Å²) in [5, 5.41) is 12.1. The highest BCUT2D eigenvalue weighted by molar-refractivity contribution is 8.01. The summed E-state index contributed by atoms with van der Waals surface area (Å²) >= 11 is 2.76. The van der Waals surface area contributed by atoms with E-state index in [-0.39, 0.29) is 16.7 Å². The number of rotatable bonds is 6. The molecule has 1 fully saturated rings. The van der Waals surface area contributed by atoms with Crippen molar-refractivity contribution in [2.24, 2.45) is 5.92 Å². The summed E-state index contributed by atoms with van der Waals surface area (Å²) in [6.45, 7) is 4.39. The number of benzene rings is 1. The molecule has 0 radical (unpaired) electrons. The molecule has 1 aliphatic heterocycles. The summed E-state index contributed by atoms with van der Waals surface area (Å²) in [7, 11) is -3.54. The van der Waals surface area contributed by atoms with E-state index in [1.54, 1.807) is 24.3 Å². The molecule has 1 N–H and O–H groups in total. The summed E-state index contributed by atoms with van der Waals surface area (Å²) in [6, 6.07) is 8.89. The number of hydrogen-bond donors (Lipinski definition) is 1. The first kappa shape index (κ1) is 21.8. The fraction of sp³-hybridized carbons (Fsp3) is 0.421. The Morgan fingerprint density at radius 1 is 1.31 bits per heavy atom. The van der Waals surface area contributed by atoms with Crippen LogP contribution in [0.25, 0.3) is 0 Å². The van der Waals surface area contributed by atoms with Gasteiger partial charge in [0.05, 0.1) is 26.6 Å². The van der Waals surface area contributed by atoms with Crippen LogP contribution in [0.4, 0.5) is 5.13 Å². The molecule has 0 atom stereocenters. The molecule has 29 heavy (non-hydrogen) atoms. The van der Waals surface area contributed by atoms with Gasteiger partial charge >= 0.3 is 0 Å². The van der Waals surface area contributed by atoms with Crippen LogP contribution in [0.1, 0.15) is 24.1 Å². The molecule has 0 bridgehead atoms. The van der Waals surface area contributed by atoms with Gasteiger partial charge < -0.3 is 5.32 Å². The molecule has 1 amide bonds. The van der Waals surface area contributed by atoms with Gasteiger partial charge in [-0.05, 0) is 38.8 Å². The predicted octanol–water partition coefficient (Wildman–Crippen LogP) is 3.42. The number of nitrogens with zero attached hydrogens (tertiary/aromatic N) is 3. The van der Waals surface area contributed by atoms with E-state index < -0.39 is 10.0 Å². The van der Waals surface area contributed by atoms with Crippen LogP contribution < -0.4 is 5.32 Å². The minimum absolute atomic E-state index is 0.136. The number of nitrogens with one attached hydrogen (secondary N) is 1. The van der Waals surface area contributed by atoms with E-state index in [0.717, 1.165) is 15.5 Å². The van der Waals surface area contributed by atoms with Gasteiger partial charge in [-0.2, -0.15) is 9.57 Å². The quantitative estimate of drug-likeness (QED) is 0.677. The van der Waals surface area contributed by atoms with Crippen molar-refractivity contribution >= 4 is 44.2 Å². The Hall–Kier alpha value is -1.93. The number of anilines is 1. The lowest BCUT2D eigenvalue weighted by Gasteiger charge is -2.30. The summed E-state index contributed by atoms with van der Waals surface area (Å²) in [4.78, 5) is 17.2. The van der Waals surface area contributed by atoms with E-state index >= 15 is 0 Å². The second-order valence-electron chi connectivity index (χ2n) is 6.82. The van der Waals surface area contributed by atoms with E-state index in [4.69, 9.17) is 5.26 Å². The van der Waals surface area contributed by atoms with Gasteiger partial charge in [-0.25, -0.2) is 13.4 Å². The lowest BCUT2D eigenvalue weighted by atomic mass is 9.97. The van der Waals surface area contributed by atoms with E-state index in [1.807, 2.05) is 13.8 Å². The van der Waals surface area contributed by atoms with Gasteiger partial charge in [0.15, 0.2) is 5.13 Å². The van der Waals surface area contributed by atoms with Crippen molar-refractivity contribution < 1.29 is 13.2 Å². The third kappa shape index (κ3) is 5.17. The SMILES string of the molecule is Cc1ccc(S(=O)(=O)N2CCC(C(=O)Nc3nc(C)c(SCC#N)s3)CC2)cc1. The summed E-state index contributed by atoms with van der Waals surface area (Å²) in [6.07, 6.45) is 0.939. The maximum absolute atomic E-state index is 12.8. The standard InChI is InChI=1S/C19H22N4O3S3/c1-13-3-5-16(6-4-13)29(25,26)23-10-7-15(8-11-23)17(24)22-19-21-14(2)18(28-19)27-12-9-20/h3-6,15H,7-8,10-12H2,1-2H3,(H,21,22,24). The molecular formula is C19H22N4O3S3. The summed E-state index contributed by atoms with van der Waals surface area (Å²) in [5.74, 6) is -0.0495. The number of thioether (sulfide) groups is 1. The molecule has 0 unspecified atom stereocenters. The second kappa shape index (κ2) is 9.26. The number of hydrogen-bond acceptors (Lipinski definition) is 7. The Bertz CT molecular complexity index is 1020. The normalized spacial score (nSPS) is 15.8. The first-order chi connectivity index (χ1) is 13.8. The zero-order chi connectivity index (χ0) is 21.0. The third-order valence-electron chi connectivity index (χ3n) is 4.74. The summed E-state index contributed by atoms with van der Waals surface area (Å²) < 4.78 is 27.9. The molecule has 1 saturated heterocycles. The minimum atomic E-state index is -3.54. The molecular weight excluding hydrogens is 428 g/mol. The average molecular weight is 451 g/mol. The molecule has 2 heterocycles. The number of aryl methyl sites for hydroxylation is 2. The lowest BCUT2D eigenvalue weighted by Crippen LogP contribution is -2.41. The van der Waals surface area contributed by atoms with Crippen molar-refractivity contribution in [2.75, 3.05) is 24.2 Å². The van der Waals surface area contributed by atoms with Crippen molar-refractivity contribution in [1.29, 1.82) is 5.26 Å². The summed E-state index contributed by atoms with van der Waals surface area (Å²) in [5.41, 5.74) is 1.80. The van der Waals surface area contributed by atoms with Crippen molar-refractivity contribution in [1.82, 2.24) is 9.29 Å². The number of amides is 1. The molecule has 1 aliphatic rings. The Kier molecular flexibility index (Phi) is 6.95. The van der Waals surface area contributed by atoms with Crippen molar-refractivity contribution in [3.8, 4) is 6.07 Å². The lowest BCUT2D eigenvalue weighted by molar-refractivity contribution is -0.120. The van der Waals surface area contributed by atoms with Gasteiger partial charge in [0.2, 0.25) is 15.9 Å². The highest BCUT2D eigenvalue weighted by Gasteiger charge is 2.32. The first-order valence-electron chi connectivity index (χ1n) is 9.16. The zero-order valence-electron chi connectivity index (χ0n) is 16.2. The van der Waals surface area contributed by atoms with Gasteiger partial charge in [0.25, 0.3) is 0 Å². The Morgan fingerprint density at radius 2 is 1.97 bits per heavy atom. The minimum Gasteiger partial charge on any atom is -0.302 e. The highest BCUT2D eigenvalue weighted by atomic mass is 32.2. The molecule has 3 rings (SSSR count). The fourth-order valence-electron chi connectivity index (χ4n) is 3.09. The van der Waals surface area contributed by atoms with Gasteiger partial charge in [0.1, 0.15) is 0 Å². The van der Waals surface area contributed by atoms with E-state index in [1.165, 1.54) is 27.4 Å². The van der Waals surface area contributed by atoms with Crippen LogP contribution in [0, 0.1) is 31.1 Å². The Morgan fingerprint density at radius 3 is 2.59 bits per heavy atom. The van der Waals surface area contributed by atoms with E-state index in [9.17, 15) is 13.2 Å². The number of carbonyl (C=O) groups excluding carboxylic acids is 1. The van der Waals surface area contributed by atoms with Crippen LogP contribution >= 0.6 is 23.1 Å².